The van der Waals surface area contributed by atoms with Crippen molar-refractivity contribution < 1.29 is 28.6 Å². The van der Waals surface area contributed by atoms with Crippen molar-refractivity contribution in [2.24, 2.45) is 0 Å². The van der Waals surface area contributed by atoms with E-state index in [1.165, 1.54) is 38.5 Å². The van der Waals surface area contributed by atoms with E-state index in [2.05, 4.69) is 4.74 Å². The fraction of sp³-hybridized carbons (Fsp3) is 0.0952. The third kappa shape index (κ3) is 3.79. The predicted octanol–water partition coefficient (Wildman–Crippen LogP) is 3.63. The number of esters is 3. The lowest BCUT2D eigenvalue weighted by molar-refractivity contribution is 0.0584. The minimum Gasteiger partial charge on any atom is -0.465 e. The van der Waals surface area contributed by atoms with E-state index in [1.807, 2.05) is 24.3 Å². The first kappa shape index (κ1) is 18.1. The first-order chi connectivity index (χ1) is 13.0. The smallest absolute Gasteiger partial charge is 0.343 e. The maximum atomic E-state index is 12.5. The molecule has 0 unspecified atom stereocenters. The molecule has 0 aliphatic carbocycles. The van der Waals surface area contributed by atoms with E-state index in [-0.39, 0.29) is 16.9 Å². The van der Waals surface area contributed by atoms with E-state index in [9.17, 15) is 14.4 Å². The molecule has 0 aromatic heterocycles. The van der Waals surface area contributed by atoms with Crippen LogP contribution in [0.1, 0.15) is 31.1 Å². The number of fused-ring (bicyclic) bond motifs is 1. The van der Waals surface area contributed by atoms with Crippen molar-refractivity contribution in [1.29, 1.82) is 0 Å². The van der Waals surface area contributed by atoms with Crippen LogP contribution in [0.5, 0.6) is 5.75 Å². The largest absolute Gasteiger partial charge is 0.465 e. The second-order valence-corrected chi connectivity index (χ2v) is 5.65. The van der Waals surface area contributed by atoms with Crippen molar-refractivity contribution in [1.82, 2.24) is 0 Å². The lowest BCUT2D eigenvalue weighted by Crippen LogP contribution is -2.13. The van der Waals surface area contributed by atoms with Gasteiger partial charge in [-0.2, -0.15) is 0 Å². The number of benzene rings is 3. The molecule has 136 valence electrons. The summed E-state index contributed by atoms with van der Waals surface area (Å²) in [5.41, 5.74) is 0.692. The zero-order valence-electron chi connectivity index (χ0n) is 14.7. The lowest BCUT2D eigenvalue weighted by atomic mass is 10.1. The highest BCUT2D eigenvalue weighted by atomic mass is 16.5. The molecule has 0 saturated heterocycles. The topological polar surface area (TPSA) is 78.9 Å². The van der Waals surface area contributed by atoms with E-state index in [0.29, 0.717) is 5.56 Å². The molecule has 0 fully saturated rings. The summed E-state index contributed by atoms with van der Waals surface area (Å²) in [5.74, 6) is -1.67. The van der Waals surface area contributed by atoms with E-state index in [1.54, 1.807) is 12.1 Å². The third-order valence-corrected chi connectivity index (χ3v) is 4.00. The van der Waals surface area contributed by atoms with Crippen LogP contribution < -0.4 is 4.74 Å². The quantitative estimate of drug-likeness (QED) is 0.520. The van der Waals surface area contributed by atoms with Gasteiger partial charge in [0, 0.05) is 0 Å². The standard InChI is InChI=1S/C21H16O6/c1-25-19(22)13-7-9-14(10-8-13)20(23)27-18-12-16-6-4-3-5-15(16)11-17(18)21(24)26-2/h3-12H,1-2H3. The fourth-order valence-corrected chi connectivity index (χ4v) is 2.59. The monoisotopic (exact) mass is 364 g/mol. The van der Waals surface area contributed by atoms with Crippen molar-refractivity contribution in [3.8, 4) is 5.75 Å². The molecule has 0 bridgehead atoms. The van der Waals surface area contributed by atoms with E-state index in [4.69, 9.17) is 9.47 Å². The van der Waals surface area contributed by atoms with Crippen LogP contribution in [0.2, 0.25) is 0 Å². The summed E-state index contributed by atoms with van der Waals surface area (Å²) in [6, 6.07) is 16.4. The SMILES string of the molecule is COC(=O)c1ccc(C(=O)Oc2cc3ccccc3cc2C(=O)OC)cc1. The molecule has 0 saturated carbocycles. The summed E-state index contributed by atoms with van der Waals surface area (Å²) in [6.07, 6.45) is 0. The van der Waals surface area contributed by atoms with Crippen molar-refractivity contribution in [2.75, 3.05) is 14.2 Å². The molecule has 0 N–H and O–H groups in total. The maximum absolute atomic E-state index is 12.5. The minimum absolute atomic E-state index is 0.0996. The van der Waals surface area contributed by atoms with E-state index >= 15 is 0 Å². The van der Waals surface area contributed by atoms with Gasteiger partial charge in [0.05, 0.1) is 25.3 Å². The Morgan fingerprint density at radius 2 is 1.19 bits per heavy atom. The summed E-state index contributed by atoms with van der Waals surface area (Å²) >= 11 is 0. The van der Waals surface area contributed by atoms with Crippen LogP contribution in [0.25, 0.3) is 10.8 Å². The van der Waals surface area contributed by atoms with Crippen LogP contribution in [-0.4, -0.2) is 32.1 Å². The van der Waals surface area contributed by atoms with Crippen LogP contribution in [0.4, 0.5) is 0 Å². The normalized spacial score (nSPS) is 10.3. The molecule has 3 aromatic carbocycles. The number of carbonyl (C=O) groups excluding carboxylic acids is 3. The van der Waals surface area contributed by atoms with Crippen molar-refractivity contribution in [3.05, 3.63) is 77.4 Å². The van der Waals surface area contributed by atoms with Gasteiger partial charge in [-0.15, -0.1) is 0 Å². The highest BCUT2D eigenvalue weighted by Crippen LogP contribution is 2.27. The Labute approximate surface area is 155 Å². The van der Waals surface area contributed by atoms with Gasteiger partial charge in [-0.25, -0.2) is 14.4 Å². The summed E-state index contributed by atoms with van der Waals surface area (Å²) in [5, 5.41) is 1.63. The van der Waals surface area contributed by atoms with Crippen LogP contribution >= 0.6 is 0 Å². The Hall–Kier alpha value is -3.67. The minimum atomic E-state index is -0.660. The average molecular weight is 364 g/mol. The van der Waals surface area contributed by atoms with Gasteiger partial charge >= 0.3 is 17.9 Å². The third-order valence-electron chi connectivity index (χ3n) is 4.00. The second kappa shape index (κ2) is 7.70. The predicted molar refractivity (Wildman–Crippen MR) is 98.0 cm³/mol. The Morgan fingerprint density at radius 3 is 1.74 bits per heavy atom. The van der Waals surface area contributed by atoms with Gasteiger partial charge in [-0.05, 0) is 47.2 Å². The Morgan fingerprint density at radius 1 is 0.667 bits per heavy atom. The highest BCUT2D eigenvalue weighted by molar-refractivity contribution is 6.01. The summed E-state index contributed by atoms with van der Waals surface area (Å²) < 4.78 is 14.8. The number of ether oxygens (including phenoxy) is 3. The molecule has 0 aliphatic heterocycles. The summed E-state index contributed by atoms with van der Waals surface area (Å²) in [6.45, 7) is 0. The molecule has 0 radical (unpaired) electrons. The zero-order valence-corrected chi connectivity index (χ0v) is 14.7. The zero-order chi connectivity index (χ0) is 19.4. The number of hydrogen-bond acceptors (Lipinski definition) is 6. The number of hydrogen-bond donors (Lipinski definition) is 0. The van der Waals surface area contributed by atoms with Crippen LogP contribution in [0, 0.1) is 0 Å². The Kier molecular flexibility index (Phi) is 5.17. The fourth-order valence-electron chi connectivity index (χ4n) is 2.59. The van der Waals surface area contributed by atoms with E-state index in [0.717, 1.165) is 10.8 Å². The first-order valence-corrected chi connectivity index (χ1v) is 8.05. The molecule has 27 heavy (non-hydrogen) atoms. The molecule has 6 nitrogen and oxygen atoms in total. The average Bonchev–Trinajstić information content (AvgIpc) is 2.72. The van der Waals surface area contributed by atoms with E-state index < -0.39 is 17.9 Å². The highest BCUT2D eigenvalue weighted by Gasteiger charge is 2.18. The van der Waals surface area contributed by atoms with Crippen LogP contribution in [-0.2, 0) is 9.47 Å². The Balaban J connectivity index is 1.93. The van der Waals surface area contributed by atoms with Crippen LogP contribution in [0.15, 0.2) is 60.7 Å². The molecule has 0 atom stereocenters. The van der Waals surface area contributed by atoms with Gasteiger partial charge in [-0.3, -0.25) is 0 Å². The molecule has 0 heterocycles. The van der Waals surface area contributed by atoms with Gasteiger partial charge in [-0.1, -0.05) is 24.3 Å². The van der Waals surface area contributed by atoms with Gasteiger partial charge in [0.25, 0.3) is 0 Å². The van der Waals surface area contributed by atoms with Gasteiger partial charge in [0.15, 0.2) is 0 Å². The molecule has 0 spiro atoms. The number of carbonyl (C=O) groups is 3. The molecule has 3 rings (SSSR count). The van der Waals surface area contributed by atoms with Crippen molar-refractivity contribution >= 4 is 28.7 Å². The van der Waals surface area contributed by atoms with Gasteiger partial charge in [0.1, 0.15) is 11.3 Å². The summed E-state index contributed by atoms with van der Waals surface area (Å²) in [7, 11) is 2.53. The molecule has 6 heteroatoms. The molecule has 0 aliphatic rings. The van der Waals surface area contributed by atoms with Gasteiger partial charge in [0.2, 0.25) is 0 Å². The van der Waals surface area contributed by atoms with Crippen molar-refractivity contribution in [3.63, 3.8) is 0 Å². The number of rotatable bonds is 4. The first-order valence-electron chi connectivity index (χ1n) is 8.05. The molecular formula is C21H16O6. The molecule has 3 aromatic rings. The van der Waals surface area contributed by atoms with Crippen molar-refractivity contribution in [2.45, 2.75) is 0 Å². The maximum Gasteiger partial charge on any atom is 0.343 e. The van der Waals surface area contributed by atoms with Gasteiger partial charge < -0.3 is 14.2 Å². The Bertz CT molecular complexity index is 1020. The summed E-state index contributed by atoms with van der Waals surface area (Å²) in [4.78, 5) is 36.0. The second-order valence-electron chi connectivity index (χ2n) is 5.65. The molecular weight excluding hydrogens is 348 g/mol. The number of methoxy groups -OCH3 is 2. The van der Waals surface area contributed by atoms with Crippen LogP contribution in [0.3, 0.4) is 0 Å². The lowest BCUT2D eigenvalue weighted by Gasteiger charge is -2.11. The molecule has 0 amide bonds.